The van der Waals surface area contributed by atoms with Crippen LogP contribution in [-0.2, 0) is 4.79 Å². The Balaban J connectivity index is 2.63. The number of piperidine rings is 1. The summed E-state index contributed by atoms with van der Waals surface area (Å²) in [5.41, 5.74) is -0.178. The van der Waals surface area contributed by atoms with E-state index in [9.17, 15) is 4.79 Å². The lowest BCUT2D eigenvalue weighted by atomic mass is 9.74. The summed E-state index contributed by atoms with van der Waals surface area (Å²) in [6.07, 6.45) is 5.42. The van der Waals surface area contributed by atoms with Crippen LogP contribution < -0.4 is 10.6 Å². The molecule has 18 heavy (non-hydrogen) atoms. The van der Waals surface area contributed by atoms with Gasteiger partial charge in [0.25, 0.3) is 0 Å². The van der Waals surface area contributed by atoms with Gasteiger partial charge in [-0.3, -0.25) is 4.79 Å². The fourth-order valence-electron chi connectivity index (χ4n) is 2.85. The molecule has 1 atom stereocenters. The molecule has 0 aromatic heterocycles. The molecule has 0 aromatic rings. The average Bonchev–Trinajstić information content (AvgIpc) is 2.39. The van der Waals surface area contributed by atoms with Crippen LogP contribution in [0.15, 0.2) is 0 Å². The molecule has 0 aliphatic carbocycles. The first-order chi connectivity index (χ1) is 8.68. The van der Waals surface area contributed by atoms with Crippen molar-refractivity contribution in [3.63, 3.8) is 0 Å². The monoisotopic (exact) mass is 256 g/mol. The number of nitrogens with one attached hydrogen (secondary N) is 2. The van der Waals surface area contributed by atoms with Crippen molar-refractivity contribution in [2.24, 2.45) is 5.41 Å². The maximum absolute atomic E-state index is 12.5. The van der Waals surface area contributed by atoms with Crippen molar-refractivity contribution in [2.75, 3.05) is 19.7 Å². The zero-order valence-electron chi connectivity index (χ0n) is 11.8. The number of amides is 1. The second-order valence-electron chi connectivity index (χ2n) is 5.37. The van der Waals surface area contributed by atoms with Crippen molar-refractivity contribution in [2.45, 2.75) is 58.4 Å². The summed E-state index contributed by atoms with van der Waals surface area (Å²) in [7, 11) is 0. The van der Waals surface area contributed by atoms with Gasteiger partial charge in [0.1, 0.15) is 0 Å². The first-order valence-electron chi connectivity index (χ1n) is 7.31. The lowest BCUT2D eigenvalue weighted by Crippen LogP contribution is -2.50. The molecule has 1 aliphatic rings. The van der Waals surface area contributed by atoms with Gasteiger partial charge in [-0.25, -0.2) is 0 Å². The first-order valence-corrected chi connectivity index (χ1v) is 7.31. The highest BCUT2D eigenvalue weighted by molar-refractivity contribution is 5.83. The van der Waals surface area contributed by atoms with Crippen LogP contribution in [0.1, 0.15) is 52.4 Å². The summed E-state index contributed by atoms with van der Waals surface area (Å²) in [5, 5.41) is 15.5. The Morgan fingerprint density at radius 2 is 2.06 bits per heavy atom. The second-order valence-corrected chi connectivity index (χ2v) is 5.37. The molecule has 1 amide bonds. The van der Waals surface area contributed by atoms with Gasteiger partial charge in [-0.1, -0.05) is 20.3 Å². The minimum absolute atomic E-state index is 0.117. The molecule has 1 aliphatic heterocycles. The molecule has 106 valence electrons. The normalized spacial score (nSPS) is 20.4. The third kappa shape index (κ3) is 3.95. The van der Waals surface area contributed by atoms with Crippen molar-refractivity contribution in [1.82, 2.24) is 10.6 Å². The summed E-state index contributed by atoms with van der Waals surface area (Å²) >= 11 is 0. The number of aliphatic hydroxyl groups is 1. The van der Waals surface area contributed by atoms with E-state index in [4.69, 9.17) is 5.11 Å². The predicted molar refractivity (Wildman–Crippen MR) is 73.4 cm³/mol. The zero-order valence-corrected chi connectivity index (χ0v) is 11.8. The molecule has 1 rings (SSSR count). The van der Waals surface area contributed by atoms with E-state index in [1.54, 1.807) is 0 Å². The van der Waals surface area contributed by atoms with Gasteiger partial charge in [-0.15, -0.1) is 0 Å². The predicted octanol–water partition coefficient (Wildman–Crippen LogP) is 1.43. The smallest absolute Gasteiger partial charge is 0.226 e. The highest BCUT2D eigenvalue weighted by Crippen LogP contribution is 2.34. The lowest BCUT2D eigenvalue weighted by molar-refractivity contribution is -0.134. The third-order valence-electron chi connectivity index (χ3n) is 4.08. The Labute approximate surface area is 111 Å². The molecule has 4 heteroatoms. The van der Waals surface area contributed by atoms with Gasteiger partial charge in [0.15, 0.2) is 0 Å². The number of hydrogen-bond donors (Lipinski definition) is 3. The first kappa shape index (κ1) is 15.4. The van der Waals surface area contributed by atoms with Crippen molar-refractivity contribution in [3.05, 3.63) is 0 Å². The number of rotatable bonds is 7. The van der Waals surface area contributed by atoms with Gasteiger partial charge >= 0.3 is 0 Å². The minimum atomic E-state index is -0.178. The van der Waals surface area contributed by atoms with Crippen molar-refractivity contribution < 1.29 is 9.90 Å². The Morgan fingerprint density at radius 1 is 1.39 bits per heavy atom. The van der Waals surface area contributed by atoms with Crippen LogP contribution in [0.3, 0.4) is 0 Å². The molecule has 0 aromatic carbocycles. The van der Waals surface area contributed by atoms with Crippen molar-refractivity contribution in [3.8, 4) is 0 Å². The highest BCUT2D eigenvalue weighted by atomic mass is 16.3. The Kier molecular flexibility index (Phi) is 6.65. The molecular weight excluding hydrogens is 228 g/mol. The summed E-state index contributed by atoms with van der Waals surface area (Å²) in [6, 6.07) is 0.117. The molecule has 1 heterocycles. The van der Waals surface area contributed by atoms with Gasteiger partial charge in [-0.05, 0) is 45.2 Å². The number of hydrogen-bond acceptors (Lipinski definition) is 3. The van der Waals surface area contributed by atoms with Crippen LogP contribution in [0, 0.1) is 5.41 Å². The van der Waals surface area contributed by atoms with Gasteiger partial charge in [0.05, 0.1) is 5.41 Å². The summed E-state index contributed by atoms with van der Waals surface area (Å²) in [4.78, 5) is 12.5. The maximum Gasteiger partial charge on any atom is 0.226 e. The van der Waals surface area contributed by atoms with E-state index in [-0.39, 0.29) is 24.0 Å². The van der Waals surface area contributed by atoms with Crippen LogP contribution >= 0.6 is 0 Å². The molecule has 0 bridgehead atoms. The van der Waals surface area contributed by atoms with Gasteiger partial charge < -0.3 is 15.7 Å². The summed E-state index contributed by atoms with van der Waals surface area (Å²) in [6.45, 7) is 6.20. The Bertz CT molecular complexity index is 245. The maximum atomic E-state index is 12.5. The van der Waals surface area contributed by atoms with E-state index in [1.807, 2.05) is 0 Å². The van der Waals surface area contributed by atoms with Gasteiger partial charge in [0.2, 0.25) is 5.91 Å². The van der Waals surface area contributed by atoms with Crippen molar-refractivity contribution in [1.29, 1.82) is 0 Å². The number of carbonyl (C=O) groups is 1. The fourth-order valence-corrected chi connectivity index (χ4v) is 2.85. The SMILES string of the molecule is CCCC1(C(=O)NC(CC)CCO)CCNCC1. The van der Waals surface area contributed by atoms with E-state index < -0.39 is 0 Å². The lowest BCUT2D eigenvalue weighted by Gasteiger charge is -2.37. The van der Waals surface area contributed by atoms with Gasteiger partial charge in [-0.2, -0.15) is 0 Å². The molecule has 4 nitrogen and oxygen atoms in total. The highest BCUT2D eigenvalue weighted by Gasteiger charge is 2.38. The number of aliphatic hydroxyl groups excluding tert-OH is 1. The summed E-state index contributed by atoms with van der Waals surface area (Å²) < 4.78 is 0. The second kappa shape index (κ2) is 7.74. The zero-order chi connectivity index (χ0) is 13.4. The Hall–Kier alpha value is -0.610. The molecule has 1 unspecified atom stereocenters. The summed E-state index contributed by atoms with van der Waals surface area (Å²) in [5.74, 6) is 0.200. The average molecular weight is 256 g/mol. The standard InChI is InChI=1S/C14H28N2O2/c1-3-6-14(7-9-15-10-8-14)13(18)16-12(4-2)5-11-17/h12,15,17H,3-11H2,1-2H3,(H,16,18). The van der Waals surface area contributed by atoms with Crippen LogP contribution in [-0.4, -0.2) is 36.8 Å². The van der Waals surface area contributed by atoms with E-state index in [1.165, 1.54) is 0 Å². The molecule has 1 saturated heterocycles. The van der Waals surface area contributed by atoms with E-state index >= 15 is 0 Å². The van der Waals surface area contributed by atoms with Gasteiger partial charge in [0, 0.05) is 12.6 Å². The van der Waals surface area contributed by atoms with Crippen LogP contribution in [0.2, 0.25) is 0 Å². The van der Waals surface area contributed by atoms with Crippen molar-refractivity contribution >= 4 is 5.91 Å². The molecular formula is C14H28N2O2. The number of carbonyl (C=O) groups excluding carboxylic acids is 1. The quantitative estimate of drug-likeness (QED) is 0.646. The molecule has 0 spiro atoms. The minimum Gasteiger partial charge on any atom is -0.396 e. The largest absolute Gasteiger partial charge is 0.396 e. The topological polar surface area (TPSA) is 61.4 Å². The Morgan fingerprint density at radius 3 is 2.56 bits per heavy atom. The molecule has 3 N–H and O–H groups in total. The van der Waals surface area contributed by atoms with Crippen LogP contribution in [0.5, 0.6) is 0 Å². The molecule has 0 radical (unpaired) electrons. The molecule has 1 fully saturated rings. The van der Waals surface area contributed by atoms with Crippen LogP contribution in [0.25, 0.3) is 0 Å². The van der Waals surface area contributed by atoms with Crippen LogP contribution in [0.4, 0.5) is 0 Å². The third-order valence-corrected chi connectivity index (χ3v) is 4.08. The van der Waals surface area contributed by atoms with E-state index in [0.717, 1.165) is 45.2 Å². The molecule has 0 saturated carbocycles. The fraction of sp³-hybridized carbons (Fsp3) is 0.929. The van der Waals surface area contributed by atoms with E-state index in [0.29, 0.717) is 6.42 Å². The van der Waals surface area contributed by atoms with E-state index in [2.05, 4.69) is 24.5 Å².